The highest BCUT2D eigenvalue weighted by atomic mass is 28.4. The SMILES string of the molecule is CCCCOc1noc2c1C(=O)[C@@]1(O[Si](C)(C)C(C)(C)C)C(O)=C3C(=O)c4c(c(OC(F)(F)F)cc(N)c4OCCCC)C[C@H]3C[C@H]1[C@@H]2N(C)C. The molecule has 3 aliphatic rings. The fourth-order valence-electron chi connectivity index (χ4n) is 7.28. The van der Waals surface area contributed by atoms with Gasteiger partial charge in [-0.25, -0.2) is 0 Å². The highest BCUT2D eigenvalue weighted by Gasteiger charge is 2.67. The summed E-state index contributed by atoms with van der Waals surface area (Å²) < 4.78 is 70.4. The summed E-state index contributed by atoms with van der Waals surface area (Å²) in [6.07, 6.45) is -2.27. The van der Waals surface area contributed by atoms with E-state index in [1.54, 1.807) is 14.1 Å². The van der Waals surface area contributed by atoms with Crippen molar-refractivity contribution in [1.82, 2.24) is 10.1 Å². The van der Waals surface area contributed by atoms with Gasteiger partial charge >= 0.3 is 6.36 Å². The normalized spacial score (nSPS) is 23.5. The fraction of sp³-hybridized carbons (Fsp3) is 0.639. The van der Waals surface area contributed by atoms with Gasteiger partial charge in [0.25, 0.3) is 5.88 Å². The number of anilines is 1. The third-order valence-electron chi connectivity index (χ3n) is 10.8. The minimum Gasteiger partial charge on any atom is -0.508 e. The van der Waals surface area contributed by atoms with E-state index in [9.17, 15) is 23.1 Å². The molecule has 1 aromatic heterocycles. The Morgan fingerprint density at radius 1 is 1.08 bits per heavy atom. The molecular formula is C36H50F3N3O8Si. The number of ether oxygens (including phenoxy) is 3. The van der Waals surface area contributed by atoms with Gasteiger partial charge in [0.1, 0.15) is 17.1 Å². The second-order valence-electron chi connectivity index (χ2n) is 15.5. The van der Waals surface area contributed by atoms with E-state index in [4.69, 9.17) is 24.2 Å². The van der Waals surface area contributed by atoms with Crippen molar-refractivity contribution in [3.8, 4) is 17.4 Å². The molecule has 0 radical (unpaired) electrons. The number of nitrogens with two attached hydrogens (primary N) is 1. The van der Waals surface area contributed by atoms with Gasteiger partial charge in [-0.1, -0.05) is 47.5 Å². The van der Waals surface area contributed by atoms with E-state index < -0.39 is 66.3 Å². The summed E-state index contributed by atoms with van der Waals surface area (Å²) in [6.45, 7) is 14.2. The molecule has 0 bridgehead atoms. The van der Waals surface area contributed by atoms with Crippen LogP contribution in [0.3, 0.4) is 0 Å². The molecule has 3 aliphatic carbocycles. The van der Waals surface area contributed by atoms with Crippen molar-refractivity contribution in [2.24, 2.45) is 11.8 Å². The zero-order chi connectivity index (χ0) is 37.8. The molecule has 51 heavy (non-hydrogen) atoms. The number of aliphatic hydroxyl groups excluding tert-OH is 1. The van der Waals surface area contributed by atoms with Crippen LogP contribution in [-0.4, -0.2) is 74.3 Å². The number of hydrogen-bond donors (Lipinski definition) is 2. The maximum absolute atomic E-state index is 15.2. The molecule has 0 unspecified atom stereocenters. The lowest BCUT2D eigenvalue weighted by Gasteiger charge is -2.55. The minimum absolute atomic E-state index is 0.0273. The third kappa shape index (κ3) is 6.65. The van der Waals surface area contributed by atoms with Gasteiger partial charge in [0.2, 0.25) is 5.78 Å². The van der Waals surface area contributed by atoms with Gasteiger partial charge in [-0.2, -0.15) is 0 Å². The zero-order valence-corrected chi connectivity index (χ0v) is 31.9. The molecule has 0 fully saturated rings. The molecule has 0 saturated heterocycles. The van der Waals surface area contributed by atoms with Gasteiger partial charge in [-0.05, 0) is 69.0 Å². The molecular weight excluding hydrogens is 687 g/mol. The summed E-state index contributed by atoms with van der Waals surface area (Å²) in [5.74, 6) is -4.19. The average Bonchev–Trinajstić information content (AvgIpc) is 3.42. The quantitative estimate of drug-likeness (QED) is 0.124. The van der Waals surface area contributed by atoms with Crippen LogP contribution < -0.4 is 19.9 Å². The van der Waals surface area contributed by atoms with Crippen LogP contribution in [0.15, 0.2) is 21.9 Å². The van der Waals surface area contributed by atoms with Crippen LogP contribution in [0, 0.1) is 11.8 Å². The first-order valence-electron chi connectivity index (χ1n) is 17.6. The predicted molar refractivity (Wildman–Crippen MR) is 186 cm³/mol. The molecule has 0 aliphatic heterocycles. The Balaban J connectivity index is 1.81. The molecule has 5 rings (SSSR count). The summed E-state index contributed by atoms with van der Waals surface area (Å²) in [5.41, 5.74) is 3.59. The number of carbonyl (C=O) groups is 2. The van der Waals surface area contributed by atoms with Crippen LogP contribution in [-0.2, 0) is 10.8 Å². The Hall–Kier alpha value is -3.56. The highest BCUT2D eigenvalue weighted by molar-refractivity contribution is 6.74. The lowest BCUT2D eigenvalue weighted by molar-refractivity contribution is -0.274. The first-order valence-corrected chi connectivity index (χ1v) is 20.5. The second kappa shape index (κ2) is 13.8. The number of unbranched alkanes of at least 4 members (excludes halogenated alkanes) is 2. The summed E-state index contributed by atoms with van der Waals surface area (Å²) in [4.78, 5) is 31.8. The van der Waals surface area contributed by atoms with E-state index in [1.807, 2.05) is 52.6 Å². The van der Waals surface area contributed by atoms with Gasteiger partial charge < -0.3 is 34.0 Å². The van der Waals surface area contributed by atoms with E-state index in [0.717, 1.165) is 18.9 Å². The topological polar surface area (TPSA) is 147 Å². The van der Waals surface area contributed by atoms with Crippen LogP contribution >= 0.6 is 0 Å². The summed E-state index contributed by atoms with van der Waals surface area (Å²) in [6, 6.07) is 0.320. The molecule has 0 spiro atoms. The van der Waals surface area contributed by atoms with Gasteiger partial charge in [0.15, 0.2) is 31.2 Å². The van der Waals surface area contributed by atoms with Crippen LogP contribution in [0.1, 0.15) is 105 Å². The van der Waals surface area contributed by atoms with Crippen molar-refractivity contribution in [2.75, 3.05) is 33.0 Å². The van der Waals surface area contributed by atoms with Crippen LogP contribution in [0.5, 0.6) is 17.4 Å². The van der Waals surface area contributed by atoms with E-state index in [0.29, 0.717) is 12.8 Å². The Morgan fingerprint density at radius 3 is 2.27 bits per heavy atom. The number of hydrogen-bond acceptors (Lipinski definition) is 11. The van der Waals surface area contributed by atoms with Crippen molar-refractivity contribution >= 4 is 25.6 Å². The van der Waals surface area contributed by atoms with E-state index in [1.165, 1.54) is 0 Å². The Bertz CT molecular complexity index is 1710. The van der Waals surface area contributed by atoms with Gasteiger partial charge in [0, 0.05) is 23.1 Å². The Morgan fingerprint density at radius 2 is 1.71 bits per heavy atom. The fourth-order valence-corrected chi connectivity index (χ4v) is 8.73. The summed E-state index contributed by atoms with van der Waals surface area (Å²) in [7, 11) is 0.616. The number of alkyl halides is 3. The number of rotatable bonds is 12. The lowest BCUT2D eigenvalue weighted by atomic mass is 9.58. The first-order chi connectivity index (χ1) is 23.7. The predicted octanol–water partition coefficient (Wildman–Crippen LogP) is 7.96. The van der Waals surface area contributed by atoms with Gasteiger partial charge in [-0.3, -0.25) is 14.5 Å². The van der Waals surface area contributed by atoms with Crippen molar-refractivity contribution in [1.29, 1.82) is 0 Å². The number of allylic oxidation sites excluding steroid dienone is 1. The molecule has 1 heterocycles. The van der Waals surface area contributed by atoms with Crippen molar-refractivity contribution in [2.45, 2.75) is 109 Å². The van der Waals surface area contributed by atoms with Crippen molar-refractivity contribution in [3.63, 3.8) is 0 Å². The molecule has 1 aromatic carbocycles. The molecule has 15 heteroatoms. The number of nitrogens with zero attached hydrogens (tertiary/aromatic N) is 2. The minimum atomic E-state index is -5.07. The summed E-state index contributed by atoms with van der Waals surface area (Å²) >= 11 is 0. The number of benzene rings is 1. The molecule has 4 atom stereocenters. The number of Topliss-reactive ketones (excluding diaryl/α,β-unsaturated/α-hetero) is 2. The molecule has 0 amide bonds. The van der Waals surface area contributed by atoms with Gasteiger partial charge in [0.05, 0.1) is 30.5 Å². The smallest absolute Gasteiger partial charge is 0.508 e. The number of halogens is 3. The summed E-state index contributed by atoms with van der Waals surface area (Å²) in [5, 5.41) is 16.4. The van der Waals surface area contributed by atoms with E-state index in [-0.39, 0.29) is 71.4 Å². The second-order valence-corrected chi connectivity index (χ2v) is 20.2. The number of fused-ring (bicyclic) bond motifs is 4. The largest absolute Gasteiger partial charge is 0.573 e. The van der Waals surface area contributed by atoms with Crippen LogP contribution in [0.4, 0.5) is 18.9 Å². The number of ketones is 2. The lowest BCUT2D eigenvalue weighted by Crippen LogP contribution is -2.65. The van der Waals surface area contributed by atoms with Crippen molar-refractivity contribution in [3.05, 3.63) is 39.8 Å². The maximum atomic E-state index is 15.2. The van der Waals surface area contributed by atoms with Crippen LogP contribution in [0.25, 0.3) is 0 Å². The highest BCUT2D eigenvalue weighted by Crippen LogP contribution is 2.60. The molecule has 11 nitrogen and oxygen atoms in total. The number of aromatic nitrogens is 1. The standard InChI is InChI=1S/C36H50F3N3O8Si/c1-10-12-14-46-29-22(40)18-23(48-36(37,38)39)20-16-19-17-21-27(42(6)7)30-26(33(41-49-30)47-15-13-11-2)32(45)35(21,50-51(8,9)34(3,4)5)31(44)24(19)28(43)25(20)29/h18-19,21,27,44H,10-17,40H2,1-9H3/t19-,21-,27-,35-/m0/s1. The third-order valence-corrected chi connectivity index (χ3v) is 15.2. The first kappa shape index (κ1) is 38.7. The maximum Gasteiger partial charge on any atom is 0.573 e. The Kier molecular flexibility index (Phi) is 10.4. The molecule has 2 aromatic rings. The molecule has 282 valence electrons. The molecule has 3 N–H and O–H groups in total. The number of carbonyl (C=O) groups excluding carboxylic acids is 2. The number of nitrogen functional groups attached to an aromatic ring is 1. The Labute approximate surface area is 297 Å². The van der Waals surface area contributed by atoms with Crippen molar-refractivity contribution < 1.29 is 51.0 Å². The van der Waals surface area contributed by atoms with Gasteiger partial charge in [-0.15, -0.1) is 13.2 Å². The zero-order valence-electron chi connectivity index (χ0n) is 30.9. The van der Waals surface area contributed by atoms with E-state index >= 15 is 4.79 Å². The van der Waals surface area contributed by atoms with E-state index in [2.05, 4.69) is 9.89 Å². The average molecular weight is 738 g/mol. The van der Waals surface area contributed by atoms with Crippen LogP contribution in [0.2, 0.25) is 18.1 Å². The monoisotopic (exact) mass is 737 g/mol. The molecule has 0 saturated carbocycles. The number of aliphatic hydroxyl groups is 1.